The Morgan fingerprint density at radius 2 is 1.72 bits per heavy atom. The lowest BCUT2D eigenvalue weighted by Gasteiger charge is -2.22. The molecule has 1 unspecified atom stereocenters. The highest BCUT2D eigenvalue weighted by Crippen LogP contribution is 2.37. The van der Waals surface area contributed by atoms with Crippen molar-refractivity contribution in [1.29, 1.82) is 0 Å². The minimum atomic E-state index is -0.732. The Morgan fingerprint density at radius 1 is 0.960 bits per heavy atom. The van der Waals surface area contributed by atoms with Gasteiger partial charge in [0.05, 0.1) is 5.69 Å². The first-order valence-electron chi connectivity index (χ1n) is 7.95. The van der Waals surface area contributed by atoms with Gasteiger partial charge in [0.1, 0.15) is 19.3 Å². The minimum Gasteiger partial charge on any atom is -0.486 e. The molecule has 0 radical (unpaired) electrons. The summed E-state index contributed by atoms with van der Waals surface area (Å²) in [6.45, 7) is 2.50. The topological polar surface area (TPSA) is 88.7 Å². The van der Waals surface area contributed by atoms with Gasteiger partial charge in [-0.15, -0.1) is 0 Å². The number of nitrogens with one attached hydrogen (secondary N) is 3. The molecule has 0 bridgehead atoms. The summed E-state index contributed by atoms with van der Waals surface area (Å²) >= 11 is 0. The molecule has 3 N–H and O–H groups in total. The number of amides is 3. The van der Waals surface area contributed by atoms with Crippen LogP contribution in [-0.4, -0.2) is 31.2 Å². The third-order valence-corrected chi connectivity index (χ3v) is 3.60. The van der Waals surface area contributed by atoms with Crippen LogP contribution in [0.5, 0.6) is 11.5 Å². The van der Waals surface area contributed by atoms with E-state index in [9.17, 15) is 9.59 Å². The van der Waals surface area contributed by atoms with Crippen LogP contribution in [0.25, 0.3) is 0 Å². The molecule has 0 saturated carbocycles. The molecule has 130 valence electrons. The maximum atomic E-state index is 12.3. The molecule has 0 saturated heterocycles. The Balaban J connectivity index is 1.59. The second-order valence-electron chi connectivity index (χ2n) is 5.51. The number of hydrogen-bond donors (Lipinski definition) is 3. The first kappa shape index (κ1) is 16.6. The van der Waals surface area contributed by atoms with Gasteiger partial charge < -0.3 is 25.4 Å². The molecule has 0 spiro atoms. The molecule has 2 aromatic carbocycles. The summed E-state index contributed by atoms with van der Waals surface area (Å²) in [5, 5.41) is 8.01. The van der Waals surface area contributed by atoms with Gasteiger partial charge in [-0.25, -0.2) is 4.79 Å². The van der Waals surface area contributed by atoms with Gasteiger partial charge in [0.2, 0.25) is 5.91 Å². The van der Waals surface area contributed by atoms with E-state index in [1.807, 2.05) is 18.2 Å². The number of anilines is 2. The third-order valence-electron chi connectivity index (χ3n) is 3.60. The predicted molar refractivity (Wildman–Crippen MR) is 94.1 cm³/mol. The zero-order valence-electron chi connectivity index (χ0n) is 13.7. The summed E-state index contributed by atoms with van der Waals surface area (Å²) in [5.74, 6) is 0.736. The van der Waals surface area contributed by atoms with Crippen molar-refractivity contribution in [2.75, 3.05) is 23.8 Å². The Labute approximate surface area is 145 Å². The Kier molecular flexibility index (Phi) is 5.03. The van der Waals surface area contributed by atoms with E-state index in [4.69, 9.17) is 9.47 Å². The smallest absolute Gasteiger partial charge is 0.319 e. The van der Waals surface area contributed by atoms with Crippen LogP contribution in [-0.2, 0) is 4.79 Å². The van der Waals surface area contributed by atoms with E-state index in [0.29, 0.717) is 36.1 Å². The molecule has 3 amide bonds. The first-order chi connectivity index (χ1) is 12.1. The van der Waals surface area contributed by atoms with Crippen molar-refractivity contribution in [3.8, 4) is 11.5 Å². The lowest BCUT2D eigenvalue weighted by molar-refractivity contribution is -0.117. The molecule has 25 heavy (non-hydrogen) atoms. The Hall–Kier alpha value is -3.22. The molecular formula is C18H19N3O4. The normalized spacial score (nSPS) is 13.5. The van der Waals surface area contributed by atoms with E-state index in [-0.39, 0.29) is 5.91 Å². The number of carbonyl (C=O) groups is 2. The fraction of sp³-hybridized carbons (Fsp3) is 0.222. The summed E-state index contributed by atoms with van der Waals surface area (Å²) in [4.78, 5) is 24.3. The highest BCUT2D eigenvalue weighted by atomic mass is 16.6. The largest absolute Gasteiger partial charge is 0.486 e. The molecule has 7 nitrogen and oxygen atoms in total. The molecule has 0 aromatic heterocycles. The van der Waals surface area contributed by atoms with Crippen molar-refractivity contribution in [3.63, 3.8) is 0 Å². The molecule has 1 aliphatic heterocycles. The average molecular weight is 341 g/mol. The van der Waals surface area contributed by atoms with E-state index in [2.05, 4.69) is 16.0 Å². The molecule has 3 rings (SSSR count). The molecule has 1 atom stereocenters. The fourth-order valence-corrected chi connectivity index (χ4v) is 2.36. The van der Waals surface area contributed by atoms with Gasteiger partial charge in [-0.3, -0.25) is 4.79 Å². The average Bonchev–Trinajstić information content (AvgIpc) is 2.62. The van der Waals surface area contributed by atoms with E-state index in [1.165, 1.54) is 0 Å². The lowest BCUT2D eigenvalue weighted by atomic mass is 10.2. The highest BCUT2D eigenvalue weighted by Gasteiger charge is 2.20. The Bertz CT molecular complexity index is 764. The van der Waals surface area contributed by atoms with Crippen LogP contribution >= 0.6 is 0 Å². The SMILES string of the molecule is CC(NC(=O)Nc1ccccc1)C(=O)Nc1cccc2c1OCCO2. The third kappa shape index (κ3) is 4.20. The number of ether oxygens (including phenoxy) is 2. The van der Waals surface area contributed by atoms with Gasteiger partial charge >= 0.3 is 6.03 Å². The number of carbonyl (C=O) groups excluding carboxylic acids is 2. The van der Waals surface area contributed by atoms with Gasteiger partial charge in [0.15, 0.2) is 11.5 Å². The quantitative estimate of drug-likeness (QED) is 0.797. The Morgan fingerprint density at radius 3 is 2.52 bits per heavy atom. The van der Waals surface area contributed by atoms with Crippen LogP contribution in [0.15, 0.2) is 48.5 Å². The molecule has 0 aliphatic carbocycles. The standard InChI is InChI=1S/C18H19N3O4/c1-12(19-18(23)20-13-6-3-2-4-7-13)17(22)21-14-8-5-9-15-16(14)25-11-10-24-15/h2-9,12H,10-11H2,1H3,(H,21,22)(H2,19,20,23). The zero-order chi connectivity index (χ0) is 17.6. The van der Waals surface area contributed by atoms with E-state index >= 15 is 0 Å². The van der Waals surface area contributed by atoms with E-state index in [0.717, 1.165) is 0 Å². The van der Waals surface area contributed by atoms with Gasteiger partial charge in [0.25, 0.3) is 0 Å². The maximum absolute atomic E-state index is 12.3. The summed E-state index contributed by atoms with van der Waals surface area (Å²) in [7, 11) is 0. The van der Waals surface area contributed by atoms with Crippen LogP contribution in [0.4, 0.5) is 16.2 Å². The molecule has 7 heteroatoms. The van der Waals surface area contributed by atoms with Crippen molar-refractivity contribution in [1.82, 2.24) is 5.32 Å². The fourth-order valence-electron chi connectivity index (χ4n) is 2.36. The molecule has 1 heterocycles. The van der Waals surface area contributed by atoms with Crippen molar-refractivity contribution >= 4 is 23.3 Å². The number of urea groups is 1. The lowest BCUT2D eigenvalue weighted by Crippen LogP contribution is -2.43. The second-order valence-corrected chi connectivity index (χ2v) is 5.51. The molecule has 2 aromatic rings. The summed E-state index contributed by atoms with van der Waals surface area (Å²) in [6.07, 6.45) is 0. The van der Waals surface area contributed by atoms with Crippen molar-refractivity contribution in [2.45, 2.75) is 13.0 Å². The summed E-state index contributed by atoms with van der Waals surface area (Å²) < 4.78 is 11.0. The molecule has 1 aliphatic rings. The van der Waals surface area contributed by atoms with Gasteiger partial charge in [-0.05, 0) is 31.2 Å². The monoisotopic (exact) mass is 341 g/mol. The minimum absolute atomic E-state index is 0.356. The van der Waals surface area contributed by atoms with Crippen LogP contribution in [0.3, 0.4) is 0 Å². The molecule has 0 fully saturated rings. The number of para-hydroxylation sites is 2. The van der Waals surface area contributed by atoms with Crippen molar-refractivity contribution in [2.24, 2.45) is 0 Å². The number of benzene rings is 2. The van der Waals surface area contributed by atoms with Crippen LogP contribution < -0.4 is 25.4 Å². The van der Waals surface area contributed by atoms with Crippen molar-refractivity contribution in [3.05, 3.63) is 48.5 Å². The number of hydrogen-bond acceptors (Lipinski definition) is 4. The summed E-state index contributed by atoms with van der Waals surface area (Å²) in [6, 6.07) is 13.1. The van der Waals surface area contributed by atoms with Gasteiger partial charge in [-0.2, -0.15) is 0 Å². The zero-order valence-corrected chi connectivity index (χ0v) is 13.7. The first-order valence-corrected chi connectivity index (χ1v) is 7.95. The van der Waals surface area contributed by atoms with Gasteiger partial charge in [-0.1, -0.05) is 24.3 Å². The number of fused-ring (bicyclic) bond motifs is 1. The maximum Gasteiger partial charge on any atom is 0.319 e. The summed E-state index contributed by atoms with van der Waals surface area (Å²) in [5.41, 5.74) is 1.16. The molecular weight excluding hydrogens is 322 g/mol. The van der Waals surface area contributed by atoms with Crippen LogP contribution in [0.2, 0.25) is 0 Å². The van der Waals surface area contributed by atoms with Crippen LogP contribution in [0.1, 0.15) is 6.92 Å². The van der Waals surface area contributed by atoms with E-state index in [1.54, 1.807) is 37.3 Å². The van der Waals surface area contributed by atoms with E-state index < -0.39 is 12.1 Å². The predicted octanol–water partition coefficient (Wildman–Crippen LogP) is 2.61. The van der Waals surface area contributed by atoms with Gasteiger partial charge in [0, 0.05) is 5.69 Å². The highest BCUT2D eigenvalue weighted by molar-refractivity contribution is 6.00. The van der Waals surface area contributed by atoms with Crippen molar-refractivity contribution < 1.29 is 19.1 Å². The van der Waals surface area contributed by atoms with Crippen LogP contribution in [0, 0.1) is 0 Å². The second kappa shape index (κ2) is 7.57. The number of rotatable bonds is 4.